The van der Waals surface area contributed by atoms with Gasteiger partial charge >= 0.3 is 6.09 Å². The molecule has 2 aromatic rings. The molecule has 5 rings (SSSR count). The van der Waals surface area contributed by atoms with E-state index in [0.29, 0.717) is 28.9 Å². The molecule has 3 aliphatic rings. The van der Waals surface area contributed by atoms with Crippen LogP contribution in [0.25, 0.3) is 11.0 Å². The Balaban J connectivity index is 1.55. The maximum atomic E-state index is 16.4. The lowest BCUT2D eigenvalue weighted by molar-refractivity contribution is -0.143. The van der Waals surface area contributed by atoms with E-state index in [9.17, 15) is 14.4 Å². The van der Waals surface area contributed by atoms with Gasteiger partial charge in [-0.2, -0.15) is 0 Å². The van der Waals surface area contributed by atoms with Gasteiger partial charge in [0.2, 0.25) is 11.8 Å². The molecule has 44 heavy (non-hydrogen) atoms. The molecule has 1 aromatic heterocycles. The van der Waals surface area contributed by atoms with Crippen molar-refractivity contribution in [3.8, 4) is 11.6 Å². The highest BCUT2D eigenvalue weighted by atomic mass is 19.1. The van der Waals surface area contributed by atoms with Gasteiger partial charge in [-0.25, -0.2) is 19.2 Å². The monoisotopic (exact) mass is 612 g/mol. The number of carbonyl (C=O) groups is 3. The number of amides is 2. The SMILES string of the molecule is COc1ccc2nc3c(nc2c1)OC1CN(C(=O)C(C(C)(C)C)NC(=O)OC2(C)CC2CCCCC3)C(C(=O)C(C)C)C1F. The number of carbonyl (C=O) groups excluding carboxylic acids is 3. The maximum Gasteiger partial charge on any atom is 0.408 e. The largest absolute Gasteiger partial charge is 0.497 e. The van der Waals surface area contributed by atoms with Gasteiger partial charge < -0.3 is 24.4 Å². The van der Waals surface area contributed by atoms with E-state index in [1.165, 1.54) is 4.90 Å². The van der Waals surface area contributed by atoms with Crippen LogP contribution in [0.2, 0.25) is 0 Å². The third-order valence-electron chi connectivity index (χ3n) is 9.21. The van der Waals surface area contributed by atoms with Crippen LogP contribution >= 0.6 is 0 Å². The molecule has 2 bridgehead atoms. The summed E-state index contributed by atoms with van der Waals surface area (Å²) in [7, 11) is 1.56. The van der Waals surface area contributed by atoms with Gasteiger partial charge in [-0.05, 0) is 50.2 Å². The number of alkyl halides is 1. The number of fused-ring (bicyclic) bond motifs is 5. The fraction of sp³-hybridized carbons (Fsp3) is 0.667. The van der Waals surface area contributed by atoms with E-state index in [1.54, 1.807) is 27.0 Å². The normalized spacial score (nSPS) is 29.9. The average Bonchev–Trinajstić information content (AvgIpc) is 3.47. The van der Waals surface area contributed by atoms with Crippen molar-refractivity contribution in [3.63, 3.8) is 0 Å². The highest BCUT2D eigenvalue weighted by molar-refractivity contribution is 5.94. The molecule has 1 aliphatic carbocycles. The Morgan fingerprint density at radius 2 is 1.91 bits per heavy atom. The second kappa shape index (κ2) is 12.1. The third kappa shape index (κ3) is 6.47. The number of aryl methyl sites for hydroxylation is 1. The smallest absolute Gasteiger partial charge is 0.408 e. The fourth-order valence-corrected chi connectivity index (χ4v) is 6.34. The molecule has 1 N–H and O–H groups in total. The van der Waals surface area contributed by atoms with Crippen molar-refractivity contribution in [3.05, 3.63) is 23.9 Å². The summed E-state index contributed by atoms with van der Waals surface area (Å²) in [6.45, 7) is 10.5. The number of hydrogen-bond donors (Lipinski definition) is 1. The van der Waals surface area contributed by atoms with E-state index < -0.39 is 59.1 Å². The average molecular weight is 613 g/mol. The zero-order valence-electron chi connectivity index (χ0n) is 26.8. The third-order valence-corrected chi connectivity index (χ3v) is 9.21. The van der Waals surface area contributed by atoms with E-state index >= 15 is 4.39 Å². The van der Waals surface area contributed by atoms with Crippen molar-refractivity contribution in [1.29, 1.82) is 0 Å². The molecule has 3 heterocycles. The minimum Gasteiger partial charge on any atom is -0.497 e. The van der Waals surface area contributed by atoms with Gasteiger partial charge in [0.25, 0.3) is 0 Å². The molecular formula is C33H45FN4O6. The van der Waals surface area contributed by atoms with Crippen LogP contribution in [0.3, 0.4) is 0 Å². The number of aromatic nitrogens is 2. The van der Waals surface area contributed by atoms with Gasteiger partial charge in [0.05, 0.1) is 24.7 Å². The number of methoxy groups -OCH3 is 1. The molecule has 2 amide bonds. The molecule has 2 aliphatic heterocycles. The van der Waals surface area contributed by atoms with E-state index in [1.807, 2.05) is 39.8 Å². The van der Waals surface area contributed by atoms with E-state index in [-0.39, 0.29) is 18.3 Å². The molecule has 240 valence electrons. The quantitative estimate of drug-likeness (QED) is 0.503. The van der Waals surface area contributed by atoms with Crippen LogP contribution < -0.4 is 14.8 Å². The van der Waals surface area contributed by atoms with Crippen molar-refractivity contribution < 1.29 is 33.0 Å². The predicted molar refractivity (Wildman–Crippen MR) is 162 cm³/mol. The molecule has 6 atom stereocenters. The van der Waals surface area contributed by atoms with Crippen LogP contribution in [0.1, 0.15) is 79.3 Å². The number of halogens is 1. The van der Waals surface area contributed by atoms with Crippen molar-refractivity contribution in [2.45, 2.75) is 110 Å². The molecule has 11 heteroatoms. The van der Waals surface area contributed by atoms with Crippen molar-refractivity contribution >= 4 is 28.8 Å². The zero-order chi connectivity index (χ0) is 32.0. The Labute approximate surface area is 258 Å². The number of nitrogens with zero attached hydrogens (tertiary/aromatic N) is 3. The number of nitrogens with one attached hydrogen (secondary N) is 1. The molecule has 10 nitrogen and oxygen atoms in total. The molecule has 0 spiro atoms. The second-order valence-electron chi connectivity index (χ2n) is 14.1. The van der Waals surface area contributed by atoms with Crippen LogP contribution in [0.15, 0.2) is 18.2 Å². The number of hydrogen-bond acceptors (Lipinski definition) is 8. The first-order valence-corrected chi connectivity index (χ1v) is 15.7. The summed E-state index contributed by atoms with van der Waals surface area (Å²) in [5, 5.41) is 2.76. The standard InChI is InChI=1S/C33H45FN4O6/c1-18(2)27(39)26-25(34)24-17-38(26)30(40)28(32(3,4)5)37-31(41)44-33(6)16-19(33)11-9-8-10-12-22-29(43-24)36-23-15-20(42-7)13-14-21(23)35-22/h13-15,18-19,24-26,28H,8-12,16-17H2,1-7H3,(H,37,41). The molecule has 1 aromatic carbocycles. The Morgan fingerprint density at radius 3 is 2.59 bits per heavy atom. The van der Waals surface area contributed by atoms with Crippen LogP contribution in [0, 0.1) is 17.3 Å². The number of ketones is 1. The van der Waals surface area contributed by atoms with Gasteiger partial charge in [0, 0.05) is 17.9 Å². The zero-order valence-corrected chi connectivity index (χ0v) is 26.8. The molecule has 1 saturated heterocycles. The summed E-state index contributed by atoms with van der Waals surface area (Å²) >= 11 is 0. The highest BCUT2D eigenvalue weighted by Crippen LogP contribution is 2.49. The topological polar surface area (TPSA) is 120 Å². The molecule has 2 fully saturated rings. The maximum absolute atomic E-state index is 16.4. The van der Waals surface area contributed by atoms with Crippen molar-refractivity contribution in [2.75, 3.05) is 13.7 Å². The van der Waals surface area contributed by atoms with E-state index in [0.717, 1.165) is 32.1 Å². The Kier molecular flexibility index (Phi) is 8.79. The minimum atomic E-state index is -1.81. The summed E-state index contributed by atoms with van der Waals surface area (Å²) in [4.78, 5) is 51.5. The summed E-state index contributed by atoms with van der Waals surface area (Å²) in [6, 6.07) is 2.94. The fourth-order valence-electron chi connectivity index (χ4n) is 6.34. The summed E-state index contributed by atoms with van der Waals surface area (Å²) in [5.41, 5.74) is 0.452. The second-order valence-corrected chi connectivity index (χ2v) is 14.1. The molecule has 6 unspecified atom stereocenters. The molecule has 1 saturated carbocycles. The van der Waals surface area contributed by atoms with Crippen LogP contribution in [-0.2, 0) is 20.7 Å². The summed E-state index contributed by atoms with van der Waals surface area (Å²) in [5.74, 6) is -0.480. The lowest BCUT2D eigenvalue weighted by atomic mass is 9.85. The Hall–Kier alpha value is -3.50. The summed E-state index contributed by atoms with van der Waals surface area (Å²) < 4.78 is 33.8. The first kappa shape index (κ1) is 31.9. The van der Waals surface area contributed by atoms with Crippen LogP contribution in [0.5, 0.6) is 11.6 Å². The van der Waals surface area contributed by atoms with Gasteiger partial charge in [0.1, 0.15) is 29.1 Å². The van der Waals surface area contributed by atoms with E-state index in [4.69, 9.17) is 24.2 Å². The van der Waals surface area contributed by atoms with E-state index in [2.05, 4.69) is 5.32 Å². The molecular weight excluding hydrogens is 567 g/mol. The van der Waals surface area contributed by atoms with Gasteiger partial charge in [-0.3, -0.25) is 9.59 Å². The summed E-state index contributed by atoms with van der Waals surface area (Å²) in [6.07, 6.45) is 1.26. The first-order valence-electron chi connectivity index (χ1n) is 15.7. The number of benzene rings is 1. The minimum absolute atomic E-state index is 0.188. The lowest BCUT2D eigenvalue weighted by Crippen LogP contribution is -2.58. The predicted octanol–water partition coefficient (Wildman–Crippen LogP) is 5.20. The highest BCUT2D eigenvalue weighted by Gasteiger charge is 2.55. The Bertz CT molecular complexity index is 1430. The Morgan fingerprint density at radius 1 is 1.16 bits per heavy atom. The molecule has 0 radical (unpaired) electrons. The lowest BCUT2D eigenvalue weighted by Gasteiger charge is -2.35. The van der Waals surface area contributed by atoms with Crippen molar-refractivity contribution in [2.24, 2.45) is 17.3 Å². The van der Waals surface area contributed by atoms with Crippen molar-refractivity contribution in [1.82, 2.24) is 20.2 Å². The van der Waals surface area contributed by atoms with Gasteiger partial charge in [0.15, 0.2) is 18.1 Å². The number of Topliss-reactive ketones (excluding diaryl/α,β-unsaturated/α-hetero) is 1. The number of rotatable bonds is 3. The van der Waals surface area contributed by atoms with Crippen LogP contribution in [-0.4, -0.2) is 76.3 Å². The van der Waals surface area contributed by atoms with Gasteiger partial charge in [-0.1, -0.05) is 47.5 Å². The number of alkyl carbamates (subject to hydrolysis) is 1. The van der Waals surface area contributed by atoms with Gasteiger partial charge in [-0.15, -0.1) is 0 Å². The first-order chi connectivity index (χ1) is 20.7. The number of ether oxygens (including phenoxy) is 3. The van der Waals surface area contributed by atoms with Crippen LogP contribution in [0.4, 0.5) is 9.18 Å².